The number of oxazole rings is 1. The van der Waals surface area contributed by atoms with Crippen LogP contribution in [-0.4, -0.2) is 23.0 Å². The van der Waals surface area contributed by atoms with Crippen LogP contribution in [0.25, 0.3) is 11.1 Å². The molecule has 1 saturated heterocycles. The number of anilines is 1. The Bertz CT molecular complexity index is 597. The van der Waals surface area contributed by atoms with Crippen molar-refractivity contribution >= 4 is 16.8 Å². The van der Waals surface area contributed by atoms with Gasteiger partial charge in [-0.3, -0.25) is 4.90 Å². The van der Waals surface area contributed by atoms with Crippen LogP contribution in [-0.2, 0) is 6.54 Å². The van der Waals surface area contributed by atoms with Crippen LogP contribution in [0.2, 0.25) is 0 Å². The van der Waals surface area contributed by atoms with Gasteiger partial charge in [-0.25, -0.2) is 4.98 Å². The second kappa shape index (κ2) is 5.09. The lowest BCUT2D eigenvalue weighted by Crippen LogP contribution is -2.37. The van der Waals surface area contributed by atoms with Crippen LogP contribution in [0, 0.1) is 5.41 Å². The number of hydrogen-bond acceptors (Lipinski definition) is 4. The molecule has 0 bridgehead atoms. The lowest BCUT2D eigenvalue weighted by molar-refractivity contribution is 0.103. The maximum absolute atomic E-state index is 5.80. The van der Waals surface area contributed by atoms with Crippen LogP contribution in [0.1, 0.15) is 39.0 Å². The third kappa shape index (κ3) is 2.66. The van der Waals surface area contributed by atoms with Gasteiger partial charge in [-0.05, 0) is 49.5 Å². The summed E-state index contributed by atoms with van der Waals surface area (Å²) in [5.74, 6) is 0.797. The van der Waals surface area contributed by atoms with E-state index >= 15 is 0 Å². The predicted molar refractivity (Wildman–Crippen MR) is 81.3 cm³/mol. The fraction of sp³-hybridized carbons (Fsp3) is 0.562. The van der Waals surface area contributed by atoms with E-state index in [1.54, 1.807) is 0 Å². The van der Waals surface area contributed by atoms with Crippen LogP contribution in [0.15, 0.2) is 22.6 Å². The van der Waals surface area contributed by atoms with Gasteiger partial charge in [-0.2, -0.15) is 0 Å². The van der Waals surface area contributed by atoms with Gasteiger partial charge >= 0.3 is 0 Å². The fourth-order valence-electron chi connectivity index (χ4n) is 2.86. The number of hydrogen-bond donors (Lipinski definition) is 1. The second-order valence-corrected chi connectivity index (χ2v) is 6.28. The van der Waals surface area contributed by atoms with Crippen molar-refractivity contribution in [3.8, 4) is 0 Å². The summed E-state index contributed by atoms with van der Waals surface area (Å²) in [7, 11) is 0. The Morgan fingerprint density at radius 2 is 2.10 bits per heavy atom. The molecule has 108 valence electrons. The third-order valence-corrected chi connectivity index (χ3v) is 4.73. The molecule has 1 aliphatic heterocycles. The standard InChI is InChI=1S/C16H23N3O/c1-3-16(2)6-8-19(9-7-16)11-15-18-13-10-12(17)4-5-14(13)20-15/h4-5,10H,3,6-9,11,17H2,1-2H3. The minimum Gasteiger partial charge on any atom is -0.439 e. The summed E-state index contributed by atoms with van der Waals surface area (Å²) in [5, 5.41) is 0. The molecule has 0 unspecified atom stereocenters. The SMILES string of the molecule is CCC1(C)CCN(Cc2nc3cc(N)ccc3o2)CC1. The highest BCUT2D eigenvalue weighted by atomic mass is 16.3. The van der Waals surface area contributed by atoms with Gasteiger partial charge in [-0.15, -0.1) is 0 Å². The van der Waals surface area contributed by atoms with E-state index in [-0.39, 0.29) is 0 Å². The fourth-order valence-corrected chi connectivity index (χ4v) is 2.86. The first-order chi connectivity index (χ1) is 9.58. The molecule has 2 heterocycles. The molecule has 0 atom stereocenters. The number of likely N-dealkylation sites (tertiary alicyclic amines) is 1. The van der Waals surface area contributed by atoms with E-state index < -0.39 is 0 Å². The number of nitrogens with two attached hydrogens (primary N) is 1. The number of nitrogen functional groups attached to an aromatic ring is 1. The molecular formula is C16H23N3O. The summed E-state index contributed by atoms with van der Waals surface area (Å²) in [4.78, 5) is 6.97. The number of rotatable bonds is 3. The average Bonchev–Trinajstić information content (AvgIpc) is 2.83. The van der Waals surface area contributed by atoms with Crippen molar-refractivity contribution in [2.75, 3.05) is 18.8 Å². The first-order valence-electron chi connectivity index (χ1n) is 7.45. The number of nitrogens with zero attached hydrogens (tertiary/aromatic N) is 2. The first-order valence-corrected chi connectivity index (χ1v) is 7.45. The largest absolute Gasteiger partial charge is 0.439 e. The molecule has 0 radical (unpaired) electrons. The van der Waals surface area contributed by atoms with Gasteiger partial charge in [-0.1, -0.05) is 20.3 Å². The van der Waals surface area contributed by atoms with E-state index in [4.69, 9.17) is 10.2 Å². The highest BCUT2D eigenvalue weighted by Crippen LogP contribution is 2.34. The molecule has 4 heteroatoms. The van der Waals surface area contributed by atoms with Crippen LogP contribution in [0.3, 0.4) is 0 Å². The van der Waals surface area contributed by atoms with Gasteiger partial charge < -0.3 is 10.2 Å². The van der Waals surface area contributed by atoms with Crippen molar-refractivity contribution in [2.24, 2.45) is 5.41 Å². The Morgan fingerprint density at radius 1 is 1.35 bits per heavy atom. The van der Waals surface area contributed by atoms with Crippen molar-refractivity contribution < 1.29 is 4.42 Å². The van der Waals surface area contributed by atoms with Gasteiger partial charge in [0.2, 0.25) is 5.89 Å². The summed E-state index contributed by atoms with van der Waals surface area (Å²) in [6.07, 6.45) is 3.79. The summed E-state index contributed by atoms with van der Waals surface area (Å²) in [6.45, 7) is 7.75. The number of aromatic nitrogens is 1. The Balaban J connectivity index is 1.68. The molecule has 1 aliphatic rings. The average molecular weight is 273 g/mol. The zero-order valence-corrected chi connectivity index (χ0v) is 12.4. The van der Waals surface area contributed by atoms with Gasteiger partial charge in [0, 0.05) is 5.69 Å². The van der Waals surface area contributed by atoms with Crippen molar-refractivity contribution in [2.45, 2.75) is 39.7 Å². The number of fused-ring (bicyclic) bond motifs is 1. The van der Waals surface area contributed by atoms with Crippen LogP contribution in [0.5, 0.6) is 0 Å². The maximum atomic E-state index is 5.80. The summed E-state index contributed by atoms with van der Waals surface area (Å²) >= 11 is 0. The Hall–Kier alpha value is -1.55. The molecule has 1 aromatic heterocycles. The topological polar surface area (TPSA) is 55.3 Å². The van der Waals surface area contributed by atoms with Crippen LogP contribution in [0.4, 0.5) is 5.69 Å². The molecule has 20 heavy (non-hydrogen) atoms. The highest BCUT2D eigenvalue weighted by molar-refractivity contribution is 5.76. The molecule has 0 aliphatic carbocycles. The summed E-state index contributed by atoms with van der Waals surface area (Å²) < 4.78 is 5.80. The lowest BCUT2D eigenvalue weighted by Gasteiger charge is -2.38. The Morgan fingerprint density at radius 3 is 2.80 bits per heavy atom. The smallest absolute Gasteiger partial charge is 0.209 e. The van der Waals surface area contributed by atoms with Gasteiger partial charge in [0.25, 0.3) is 0 Å². The van der Waals surface area contributed by atoms with Crippen LogP contribution >= 0.6 is 0 Å². The molecule has 0 saturated carbocycles. The van der Waals surface area contributed by atoms with E-state index in [1.807, 2.05) is 18.2 Å². The van der Waals surface area contributed by atoms with E-state index in [0.717, 1.165) is 42.3 Å². The van der Waals surface area contributed by atoms with Crippen molar-refractivity contribution in [3.05, 3.63) is 24.1 Å². The Kier molecular flexibility index (Phi) is 3.42. The van der Waals surface area contributed by atoms with E-state index in [2.05, 4.69) is 23.7 Å². The Labute approximate surface area is 120 Å². The predicted octanol–water partition coefficient (Wildman–Crippen LogP) is 3.42. The quantitative estimate of drug-likeness (QED) is 0.871. The molecule has 1 aromatic carbocycles. The molecule has 0 amide bonds. The van der Waals surface area contributed by atoms with Crippen molar-refractivity contribution in [1.82, 2.24) is 9.88 Å². The number of benzene rings is 1. The molecule has 0 spiro atoms. The molecule has 4 nitrogen and oxygen atoms in total. The molecule has 3 rings (SSSR count). The highest BCUT2D eigenvalue weighted by Gasteiger charge is 2.28. The molecule has 2 N–H and O–H groups in total. The van der Waals surface area contributed by atoms with Crippen LogP contribution < -0.4 is 5.73 Å². The monoisotopic (exact) mass is 273 g/mol. The minimum atomic E-state index is 0.520. The van der Waals surface area contributed by atoms with E-state index in [9.17, 15) is 0 Å². The maximum Gasteiger partial charge on any atom is 0.209 e. The van der Waals surface area contributed by atoms with Gasteiger partial charge in [0.1, 0.15) is 5.52 Å². The zero-order chi connectivity index (χ0) is 14.2. The summed E-state index contributed by atoms with van der Waals surface area (Å²) in [5.41, 5.74) is 8.70. The molecule has 2 aromatic rings. The molecular weight excluding hydrogens is 250 g/mol. The van der Waals surface area contributed by atoms with Crippen molar-refractivity contribution in [1.29, 1.82) is 0 Å². The minimum absolute atomic E-state index is 0.520. The normalized spacial score (nSPS) is 19.5. The van der Waals surface area contributed by atoms with E-state index in [1.165, 1.54) is 19.3 Å². The van der Waals surface area contributed by atoms with Gasteiger partial charge in [0.15, 0.2) is 5.58 Å². The summed E-state index contributed by atoms with van der Waals surface area (Å²) in [6, 6.07) is 5.61. The second-order valence-electron chi connectivity index (χ2n) is 6.28. The van der Waals surface area contributed by atoms with E-state index in [0.29, 0.717) is 5.41 Å². The first kappa shape index (κ1) is 13.4. The number of piperidine rings is 1. The lowest BCUT2D eigenvalue weighted by atomic mass is 9.78. The third-order valence-electron chi connectivity index (χ3n) is 4.73. The van der Waals surface area contributed by atoms with Gasteiger partial charge in [0.05, 0.1) is 6.54 Å². The van der Waals surface area contributed by atoms with Crippen molar-refractivity contribution in [3.63, 3.8) is 0 Å². The molecule has 1 fully saturated rings. The zero-order valence-electron chi connectivity index (χ0n) is 12.4.